The van der Waals surface area contributed by atoms with Crippen molar-refractivity contribution in [2.75, 3.05) is 6.61 Å². The summed E-state index contributed by atoms with van der Waals surface area (Å²) in [6.45, 7) is 1.55. The highest BCUT2D eigenvalue weighted by atomic mass is 79.9. The van der Waals surface area contributed by atoms with Crippen molar-refractivity contribution in [3.63, 3.8) is 0 Å². The molecule has 1 rings (SSSR count). The third-order valence-corrected chi connectivity index (χ3v) is 2.78. The largest absolute Gasteiger partial charge is 0.493 e. The summed E-state index contributed by atoms with van der Waals surface area (Å²) >= 11 is 3.26. The quantitative estimate of drug-likeness (QED) is 0.821. The Morgan fingerprint density at radius 1 is 1.39 bits per heavy atom. The zero-order chi connectivity index (χ0) is 13.8. The topological polar surface area (TPSA) is 29.5 Å². The molecule has 0 saturated carbocycles. The minimum Gasteiger partial charge on any atom is -0.493 e. The maximum Gasteiger partial charge on any atom is 0.389 e. The number of ether oxygens (including phenoxy) is 1. The Labute approximate surface area is 112 Å². The first-order valence-corrected chi connectivity index (χ1v) is 6.26. The average molecular weight is 327 g/mol. The van der Waals surface area contributed by atoms with E-state index in [1.807, 2.05) is 0 Å². The van der Waals surface area contributed by atoms with E-state index >= 15 is 0 Å². The number of benzene rings is 1. The molecule has 0 amide bonds. The molecule has 0 aromatic heterocycles. The molecule has 0 aliphatic carbocycles. The van der Waals surface area contributed by atoms with Crippen LogP contribution in [0.25, 0.3) is 0 Å². The van der Waals surface area contributed by atoms with Gasteiger partial charge in [-0.05, 0) is 31.5 Å². The van der Waals surface area contributed by atoms with Crippen LogP contribution in [-0.2, 0) is 0 Å². The van der Waals surface area contributed by atoms with Crippen LogP contribution in [0, 0.1) is 0 Å². The Morgan fingerprint density at radius 2 is 2.06 bits per heavy atom. The van der Waals surface area contributed by atoms with Gasteiger partial charge in [0.2, 0.25) is 0 Å². The molecule has 0 bridgehead atoms. The summed E-state index contributed by atoms with van der Waals surface area (Å²) in [6, 6.07) is 5.02. The number of aliphatic hydroxyl groups is 1. The van der Waals surface area contributed by atoms with E-state index in [4.69, 9.17) is 4.74 Å². The van der Waals surface area contributed by atoms with Crippen LogP contribution < -0.4 is 4.74 Å². The van der Waals surface area contributed by atoms with Gasteiger partial charge in [-0.1, -0.05) is 15.9 Å². The van der Waals surface area contributed by atoms with Gasteiger partial charge in [0.15, 0.2) is 0 Å². The van der Waals surface area contributed by atoms with Crippen LogP contribution in [0.3, 0.4) is 0 Å². The highest BCUT2D eigenvalue weighted by Crippen LogP contribution is 2.29. The normalized spacial score (nSPS) is 13.4. The molecule has 0 saturated heterocycles. The molecule has 1 unspecified atom stereocenters. The molecule has 0 heterocycles. The van der Waals surface area contributed by atoms with Crippen LogP contribution in [0.15, 0.2) is 22.7 Å². The van der Waals surface area contributed by atoms with Crippen molar-refractivity contribution in [1.29, 1.82) is 0 Å². The lowest BCUT2D eigenvalue weighted by atomic mass is 10.1. The highest BCUT2D eigenvalue weighted by molar-refractivity contribution is 9.10. The lowest BCUT2D eigenvalue weighted by molar-refractivity contribution is -0.136. The van der Waals surface area contributed by atoms with Crippen LogP contribution >= 0.6 is 15.9 Å². The summed E-state index contributed by atoms with van der Waals surface area (Å²) in [5, 5.41) is 9.53. The smallest absolute Gasteiger partial charge is 0.389 e. The van der Waals surface area contributed by atoms with Gasteiger partial charge in [0.05, 0.1) is 12.7 Å². The van der Waals surface area contributed by atoms with Crippen LogP contribution in [0.2, 0.25) is 0 Å². The molecule has 102 valence electrons. The van der Waals surface area contributed by atoms with E-state index in [9.17, 15) is 18.3 Å². The zero-order valence-corrected chi connectivity index (χ0v) is 11.4. The van der Waals surface area contributed by atoms with Gasteiger partial charge in [0, 0.05) is 16.5 Å². The number of halogens is 4. The second kappa shape index (κ2) is 6.43. The summed E-state index contributed by atoms with van der Waals surface area (Å²) in [6.07, 6.45) is -5.86. The molecule has 1 aromatic carbocycles. The van der Waals surface area contributed by atoms with Crippen molar-refractivity contribution in [3.05, 3.63) is 28.2 Å². The highest BCUT2D eigenvalue weighted by Gasteiger charge is 2.26. The zero-order valence-electron chi connectivity index (χ0n) is 9.80. The predicted octanol–water partition coefficient (Wildman–Crippen LogP) is 4.22. The van der Waals surface area contributed by atoms with E-state index in [-0.39, 0.29) is 13.0 Å². The Balaban J connectivity index is 2.57. The fourth-order valence-corrected chi connectivity index (χ4v) is 1.81. The lowest BCUT2D eigenvalue weighted by Crippen LogP contribution is -2.10. The van der Waals surface area contributed by atoms with Gasteiger partial charge in [-0.25, -0.2) is 0 Å². The van der Waals surface area contributed by atoms with Crippen molar-refractivity contribution >= 4 is 15.9 Å². The second-order valence-corrected chi connectivity index (χ2v) is 4.84. The number of hydrogen-bond donors (Lipinski definition) is 1. The summed E-state index contributed by atoms with van der Waals surface area (Å²) in [4.78, 5) is 0. The molecule has 1 atom stereocenters. The van der Waals surface area contributed by atoms with Crippen molar-refractivity contribution in [1.82, 2.24) is 0 Å². The fourth-order valence-electron chi connectivity index (χ4n) is 1.43. The van der Waals surface area contributed by atoms with Gasteiger partial charge in [-0.2, -0.15) is 13.2 Å². The fraction of sp³-hybridized carbons (Fsp3) is 0.500. The van der Waals surface area contributed by atoms with E-state index < -0.39 is 18.7 Å². The number of aliphatic hydroxyl groups excluding tert-OH is 1. The number of rotatable bonds is 5. The molecule has 1 aromatic rings. The van der Waals surface area contributed by atoms with Crippen LogP contribution in [-0.4, -0.2) is 17.9 Å². The molecule has 6 heteroatoms. The first-order valence-electron chi connectivity index (χ1n) is 5.46. The summed E-state index contributed by atoms with van der Waals surface area (Å²) in [7, 11) is 0. The number of alkyl halides is 3. The molecule has 0 aliphatic rings. The van der Waals surface area contributed by atoms with Gasteiger partial charge >= 0.3 is 6.18 Å². The van der Waals surface area contributed by atoms with Crippen LogP contribution in [0.1, 0.15) is 31.4 Å². The van der Waals surface area contributed by atoms with E-state index in [0.29, 0.717) is 11.3 Å². The molecule has 1 N–H and O–H groups in total. The molecular formula is C12H14BrF3O2. The Kier molecular flexibility index (Phi) is 5.47. The van der Waals surface area contributed by atoms with E-state index in [2.05, 4.69) is 15.9 Å². The van der Waals surface area contributed by atoms with Gasteiger partial charge in [-0.15, -0.1) is 0 Å². The van der Waals surface area contributed by atoms with E-state index in [1.54, 1.807) is 25.1 Å². The maximum absolute atomic E-state index is 11.9. The SMILES string of the molecule is CC(O)c1cc(Br)ccc1OCCCC(F)(F)F. The monoisotopic (exact) mass is 326 g/mol. The second-order valence-electron chi connectivity index (χ2n) is 3.93. The molecule has 0 aliphatic heterocycles. The van der Waals surface area contributed by atoms with E-state index in [1.165, 1.54) is 0 Å². The first kappa shape index (κ1) is 15.3. The molecule has 0 radical (unpaired) electrons. The van der Waals surface area contributed by atoms with Crippen LogP contribution in [0.5, 0.6) is 5.75 Å². The number of hydrogen-bond acceptors (Lipinski definition) is 2. The van der Waals surface area contributed by atoms with Gasteiger partial charge < -0.3 is 9.84 Å². The first-order chi connectivity index (χ1) is 8.29. The van der Waals surface area contributed by atoms with Gasteiger partial charge in [-0.3, -0.25) is 0 Å². The molecule has 2 nitrogen and oxygen atoms in total. The minimum atomic E-state index is -4.16. The summed E-state index contributed by atoms with van der Waals surface area (Å²) < 4.78 is 41.9. The van der Waals surface area contributed by atoms with E-state index in [0.717, 1.165) is 4.47 Å². The average Bonchev–Trinajstić information content (AvgIpc) is 2.24. The third kappa shape index (κ3) is 5.27. The molecular weight excluding hydrogens is 313 g/mol. The Morgan fingerprint density at radius 3 is 2.61 bits per heavy atom. The van der Waals surface area contributed by atoms with Gasteiger partial charge in [0.1, 0.15) is 5.75 Å². The van der Waals surface area contributed by atoms with Crippen molar-refractivity contribution in [3.8, 4) is 5.75 Å². The molecule has 0 spiro atoms. The Bertz CT molecular complexity index is 391. The molecule has 18 heavy (non-hydrogen) atoms. The van der Waals surface area contributed by atoms with Crippen molar-refractivity contribution < 1.29 is 23.0 Å². The van der Waals surface area contributed by atoms with Crippen molar-refractivity contribution in [2.24, 2.45) is 0 Å². The predicted molar refractivity (Wildman–Crippen MR) is 65.6 cm³/mol. The lowest BCUT2D eigenvalue weighted by Gasteiger charge is -2.14. The standard InChI is InChI=1S/C12H14BrF3O2/c1-8(17)10-7-9(13)3-4-11(10)18-6-2-5-12(14,15)16/h3-4,7-8,17H,2,5-6H2,1H3. The molecule has 0 fully saturated rings. The maximum atomic E-state index is 11.9. The van der Waals surface area contributed by atoms with Crippen molar-refractivity contribution in [2.45, 2.75) is 32.0 Å². The van der Waals surface area contributed by atoms with Gasteiger partial charge in [0.25, 0.3) is 0 Å². The minimum absolute atomic E-state index is 0.0269. The summed E-state index contributed by atoms with van der Waals surface area (Å²) in [5.41, 5.74) is 0.552. The van der Waals surface area contributed by atoms with Crippen LogP contribution in [0.4, 0.5) is 13.2 Å². The Hall–Kier alpha value is -0.750. The summed E-state index contributed by atoms with van der Waals surface area (Å²) in [5.74, 6) is 0.412. The third-order valence-electron chi connectivity index (χ3n) is 2.28.